The lowest BCUT2D eigenvalue weighted by molar-refractivity contribution is 0.0279. The van der Waals surface area contributed by atoms with E-state index in [4.69, 9.17) is 0 Å². The van der Waals surface area contributed by atoms with E-state index >= 15 is 0 Å². The fourth-order valence-electron chi connectivity index (χ4n) is 5.04. The van der Waals surface area contributed by atoms with Crippen LogP contribution >= 0.6 is 0 Å². The van der Waals surface area contributed by atoms with Crippen LogP contribution in [0.25, 0.3) is 0 Å². The topological polar surface area (TPSA) is 53.5 Å². The summed E-state index contributed by atoms with van der Waals surface area (Å²) in [7, 11) is 0. The third-order valence-electron chi connectivity index (χ3n) is 6.60. The van der Waals surface area contributed by atoms with Gasteiger partial charge in [-0.3, -0.25) is 24.4 Å². The van der Waals surface area contributed by atoms with Crippen molar-refractivity contribution >= 4 is 11.6 Å². The summed E-state index contributed by atoms with van der Waals surface area (Å²) in [4.78, 5) is 36.4. The number of fused-ring (bicyclic) bond motifs is 1. The van der Waals surface area contributed by atoms with Crippen molar-refractivity contribution in [3.05, 3.63) is 101 Å². The van der Waals surface area contributed by atoms with Crippen LogP contribution in [0.2, 0.25) is 0 Å². The lowest BCUT2D eigenvalue weighted by atomic mass is 9.82. The second kappa shape index (κ2) is 7.84. The Morgan fingerprint density at radius 2 is 1.55 bits per heavy atom. The standard InChI is InChI=1S/C26H25N3O2/c1-19-6-5-9-22-23(19)25(31)26(24(22)30,21-7-3-2-4-8-21)29-16-14-28(15-17-29)18-20-10-12-27-13-11-20/h2-13H,14-18H2,1H3. The molecule has 0 amide bonds. The summed E-state index contributed by atoms with van der Waals surface area (Å²) >= 11 is 0. The van der Waals surface area contributed by atoms with Crippen LogP contribution in [0.15, 0.2) is 73.1 Å². The van der Waals surface area contributed by atoms with Gasteiger partial charge in [0.25, 0.3) is 0 Å². The van der Waals surface area contributed by atoms with Crippen LogP contribution in [-0.4, -0.2) is 52.5 Å². The molecular formula is C26H25N3O2. The number of nitrogens with zero attached hydrogens (tertiary/aromatic N) is 3. The number of pyridine rings is 1. The smallest absolute Gasteiger partial charge is 0.196 e. The third kappa shape index (κ3) is 3.12. The first-order valence-corrected chi connectivity index (χ1v) is 10.7. The zero-order valence-corrected chi connectivity index (χ0v) is 17.6. The van der Waals surface area contributed by atoms with E-state index in [1.54, 1.807) is 6.07 Å². The van der Waals surface area contributed by atoms with E-state index in [-0.39, 0.29) is 11.6 Å². The lowest BCUT2D eigenvalue weighted by Gasteiger charge is -2.44. The van der Waals surface area contributed by atoms with Gasteiger partial charge in [0.15, 0.2) is 17.1 Å². The maximum absolute atomic E-state index is 13.9. The first kappa shape index (κ1) is 19.8. The first-order chi connectivity index (χ1) is 15.1. The van der Waals surface area contributed by atoms with Gasteiger partial charge in [0, 0.05) is 56.2 Å². The predicted octanol–water partition coefficient (Wildman–Crippen LogP) is 3.48. The molecule has 0 N–H and O–H groups in total. The molecule has 0 spiro atoms. The Kier molecular flexibility index (Phi) is 5.00. The number of aryl methyl sites for hydroxylation is 1. The second-order valence-corrected chi connectivity index (χ2v) is 8.35. The molecule has 2 heterocycles. The molecule has 1 atom stereocenters. The molecule has 156 valence electrons. The van der Waals surface area contributed by atoms with Crippen molar-refractivity contribution < 1.29 is 9.59 Å². The van der Waals surface area contributed by atoms with E-state index in [2.05, 4.69) is 14.8 Å². The van der Waals surface area contributed by atoms with Crippen molar-refractivity contribution in [3.8, 4) is 0 Å². The summed E-state index contributed by atoms with van der Waals surface area (Å²) in [6.07, 6.45) is 3.62. The van der Waals surface area contributed by atoms with Crippen molar-refractivity contribution in [3.63, 3.8) is 0 Å². The van der Waals surface area contributed by atoms with Gasteiger partial charge in [-0.2, -0.15) is 0 Å². The number of hydrogen-bond acceptors (Lipinski definition) is 5. The number of Topliss-reactive ketones (excluding diaryl/α,β-unsaturated/α-hetero) is 2. The van der Waals surface area contributed by atoms with Crippen molar-refractivity contribution in [1.82, 2.24) is 14.8 Å². The molecule has 31 heavy (non-hydrogen) atoms. The molecule has 2 aliphatic rings. The molecule has 1 aromatic heterocycles. The van der Waals surface area contributed by atoms with E-state index in [9.17, 15) is 9.59 Å². The van der Waals surface area contributed by atoms with Crippen molar-refractivity contribution in [1.29, 1.82) is 0 Å². The minimum absolute atomic E-state index is 0.0839. The Bertz CT molecular complexity index is 1120. The molecule has 5 rings (SSSR count). The molecule has 0 saturated carbocycles. The largest absolute Gasteiger partial charge is 0.297 e. The van der Waals surface area contributed by atoms with Crippen LogP contribution in [0.3, 0.4) is 0 Å². The number of carbonyl (C=O) groups excluding carboxylic acids is 2. The van der Waals surface area contributed by atoms with E-state index in [1.807, 2.05) is 73.9 Å². The Morgan fingerprint density at radius 3 is 2.23 bits per heavy atom. The maximum atomic E-state index is 13.9. The highest BCUT2D eigenvalue weighted by molar-refractivity contribution is 6.33. The van der Waals surface area contributed by atoms with Crippen LogP contribution in [-0.2, 0) is 12.1 Å². The number of piperazine rings is 1. The van der Waals surface area contributed by atoms with Crippen molar-refractivity contribution in [2.75, 3.05) is 26.2 Å². The number of hydrogen-bond donors (Lipinski definition) is 0. The summed E-state index contributed by atoms with van der Waals surface area (Å²) in [5.41, 5.74) is 2.72. The Balaban J connectivity index is 1.49. The molecule has 2 aromatic carbocycles. The normalized spacial score (nSPS) is 22.0. The van der Waals surface area contributed by atoms with E-state index < -0.39 is 5.54 Å². The number of benzene rings is 2. The molecule has 5 heteroatoms. The molecule has 1 aliphatic carbocycles. The van der Waals surface area contributed by atoms with Crippen LogP contribution < -0.4 is 0 Å². The summed E-state index contributed by atoms with van der Waals surface area (Å²) in [6.45, 7) is 5.67. The minimum atomic E-state index is -1.27. The molecule has 1 fully saturated rings. The minimum Gasteiger partial charge on any atom is -0.297 e. The van der Waals surface area contributed by atoms with Gasteiger partial charge in [0.1, 0.15) is 0 Å². The van der Waals surface area contributed by atoms with E-state index in [0.717, 1.165) is 30.8 Å². The van der Waals surface area contributed by atoms with Crippen LogP contribution in [0.1, 0.15) is 37.4 Å². The van der Waals surface area contributed by atoms with Crippen LogP contribution in [0.5, 0.6) is 0 Å². The van der Waals surface area contributed by atoms with Gasteiger partial charge in [0.05, 0.1) is 0 Å². The average molecular weight is 412 g/mol. The van der Waals surface area contributed by atoms with Crippen LogP contribution in [0, 0.1) is 6.92 Å². The van der Waals surface area contributed by atoms with Gasteiger partial charge in [-0.05, 0) is 35.7 Å². The van der Waals surface area contributed by atoms with E-state index in [1.165, 1.54) is 5.56 Å². The summed E-state index contributed by atoms with van der Waals surface area (Å²) in [5, 5.41) is 0. The van der Waals surface area contributed by atoms with E-state index in [0.29, 0.717) is 24.2 Å². The fraction of sp³-hybridized carbons (Fsp3) is 0.269. The van der Waals surface area contributed by atoms with Gasteiger partial charge >= 0.3 is 0 Å². The third-order valence-corrected chi connectivity index (χ3v) is 6.60. The summed E-state index contributed by atoms with van der Waals surface area (Å²) < 4.78 is 0. The molecule has 3 aromatic rings. The predicted molar refractivity (Wildman–Crippen MR) is 119 cm³/mol. The maximum Gasteiger partial charge on any atom is 0.196 e. The SMILES string of the molecule is Cc1cccc2c1C(=O)C(c1ccccc1)(N1CCN(Cc3ccncc3)CC1)C2=O. The number of ketones is 2. The fourth-order valence-corrected chi connectivity index (χ4v) is 5.04. The monoisotopic (exact) mass is 411 g/mol. The Morgan fingerprint density at radius 1 is 0.839 bits per heavy atom. The molecule has 5 nitrogen and oxygen atoms in total. The van der Waals surface area contributed by atoms with Gasteiger partial charge in [-0.1, -0.05) is 48.5 Å². The molecule has 1 saturated heterocycles. The zero-order valence-electron chi connectivity index (χ0n) is 17.6. The quantitative estimate of drug-likeness (QED) is 0.616. The first-order valence-electron chi connectivity index (χ1n) is 10.7. The summed E-state index contributed by atoms with van der Waals surface area (Å²) in [6, 6.07) is 19.2. The average Bonchev–Trinajstić information content (AvgIpc) is 3.04. The molecule has 0 radical (unpaired) electrons. The zero-order chi connectivity index (χ0) is 21.4. The highest BCUT2D eigenvalue weighted by Crippen LogP contribution is 2.43. The van der Waals surface area contributed by atoms with Crippen molar-refractivity contribution in [2.24, 2.45) is 0 Å². The molecular weight excluding hydrogens is 386 g/mol. The van der Waals surface area contributed by atoms with Gasteiger partial charge in [-0.15, -0.1) is 0 Å². The van der Waals surface area contributed by atoms with Gasteiger partial charge in [0.2, 0.25) is 0 Å². The number of aromatic nitrogens is 1. The molecule has 1 unspecified atom stereocenters. The number of rotatable bonds is 4. The Hall–Kier alpha value is -3.15. The highest BCUT2D eigenvalue weighted by atomic mass is 16.2. The van der Waals surface area contributed by atoms with Gasteiger partial charge < -0.3 is 0 Å². The van der Waals surface area contributed by atoms with Gasteiger partial charge in [-0.25, -0.2) is 0 Å². The number of carbonyl (C=O) groups is 2. The lowest BCUT2D eigenvalue weighted by Crippen LogP contribution is -2.60. The summed E-state index contributed by atoms with van der Waals surface area (Å²) in [5.74, 6) is -0.177. The van der Waals surface area contributed by atoms with Crippen LogP contribution in [0.4, 0.5) is 0 Å². The van der Waals surface area contributed by atoms with Crippen molar-refractivity contribution in [2.45, 2.75) is 19.0 Å². The molecule has 0 bridgehead atoms. The molecule has 1 aliphatic heterocycles. The second-order valence-electron chi connectivity index (χ2n) is 8.35. The highest BCUT2D eigenvalue weighted by Gasteiger charge is 2.58. The Labute approximate surface area is 182 Å².